The number of hydrogen-bond donors (Lipinski definition) is 0. The van der Waals surface area contributed by atoms with Gasteiger partial charge >= 0.3 is 5.97 Å². The van der Waals surface area contributed by atoms with Crippen LogP contribution in [0.3, 0.4) is 0 Å². The Kier molecular flexibility index (Phi) is 5.71. The third kappa shape index (κ3) is 4.74. The van der Waals surface area contributed by atoms with Gasteiger partial charge in [-0.15, -0.1) is 0 Å². The molecule has 0 bridgehead atoms. The lowest BCUT2D eigenvalue weighted by molar-refractivity contribution is 0.0442. The SMILES string of the molecule is O=C(OCc1cc(=O)c(OCc2ccccc2)co1)c1ccc(Cl)cc1. The van der Waals surface area contributed by atoms with Gasteiger partial charge in [0.1, 0.15) is 25.2 Å². The maximum atomic E-state index is 12.1. The minimum atomic E-state index is -0.534. The maximum Gasteiger partial charge on any atom is 0.338 e. The summed E-state index contributed by atoms with van der Waals surface area (Å²) in [5, 5.41) is 0.527. The molecule has 6 heteroatoms. The fraction of sp³-hybridized carbons (Fsp3) is 0.100. The van der Waals surface area contributed by atoms with Crippen LogP contribution in [-0.2, 0) is 18.0 Å². The highest BCUT2D eigenvalue weighted by molar-refractivity contribution is 6.30. The van der Waals surface area contributed by atoms with E-state index < -0.39 is 5.97 Å². The Hall–Kier alpha value is -3.05. The molecule has 0 fully saturated rings. The largest absolute Gasteiger partial charge is 0.482 e. The molecular formula is C20H15ClO5. The summed E-state index contributed by atoms with van der Waals surface area (Å²) < 4.78 is 15.9. The zero-order valence-corrected chi connectivity index (χ0v) is 14.4. The lowest BCUT2D eigenvalue weighted by Gasteiger charge is -2.07. The minimum absolute atomic E-state index is 0.0987. The number of carbonyl (C=O) groups is 1. The molecule has 26 heavy (non-hydrogen) atoms. The number of ether oxygens (including phenoxy) is 2. The smallest absolute Gasteiger partial charge is 0.338 e. The summed E-state index contributed by atoms with van der Waals surface area (Å²) in [6, 6.07) is 17.0. The number of benzene rings is 2. The van der Waals surface area contributed by atoms with E-state index in [4.69, 9.17) is 25.5 Å². The van der Waals surface area contributed by atoms with E-state index in [9.17, 15) is 9.59 Å². The second-order valence-corrected chi connectivity index (χ2v) is 5.87. The van der Waals surface area contributed by atoms with Gasteiger partial charge in [-0.3, -0.25) is 4.79 Å². The monoisotopic (exact) mass is 370 g/mol. The molecular weight excluding hydrogens is 356 g/mol. The zero-order valence-electron chi connectivity index (χ0n) is 13.7. The fourth-order valence-corrected chi connectivity index (χ4v) is 2.29. The van der Waals surface area contributed by atoms with Crippen molar-refractivity contribution in [3.05, 3.63) is 99.1 Å². The van der Waals surface area contributed by atoms with Gasteiger partial charge in [0.25, 0.3) is 0 Å². The highest BCUT2D eigenvalue weighted by Crippen LogP contribution is 2.13. The van der Waals surface area contributed by atoms with Crippen LogP contribution in [0.4, 0.5) is 0 Å². The Morgan fingerprint density at radius 2 is 1.73 bits per heavy atom. The van der Waals surface area contributed by atoms with E-state index in [1.165, 1.54) is 12.3 Å². The van der Waals surface area contributed by atoms with Crippen molar-refractivity contribution in [2.24, 2.45) is 0 Å². The summed E-state index contributed by atoms with van der Waals surface area (Å²) in [6.07, 6.45) is 1.22. The molecule has 0 unspecified atom stereocenters. The standard InChI is InChI=1S/C20H15ClO5/c21-16-8-6-15(7-9-16)20(23)26-12-17-10-18(22)19(13-24-17)25-11-14-4-2-1-3-5-14/h1-10,13H,11-12H2. The van der Waals surface area contributed by atoms with Gasteiger partial charge in [-0.25, -0.2) is 4.79 Å². The van der Waals surface area contributed by atoms with E-state index in [0.717, 1.165) is 5.56 Å². The Balaban J connectivity index is 1.58. The number of rotatable bonds is 6. The second kappa shape index (κ2) is 8.36. The first kappa shape index (κ1) is 17.8. The van der Waals surface area contributed by atoms with Crippen molar-refractivity contribution >= 4 is 17.6 Å². The average molecular weight is 371 g/mol. The van der Waals surface area contributed by atoms with E-state index in [-0.39, 0.29) is 30.2 Å². The average Bonchev–Trinajstić information content (AvgIpc) is 2.67. The molecule has 5 nitrogen and oxygen atoms in total. The lowest BCUT2D eigenvalue weighted by Crippen LogP contribution is -2.10. The van der Waals surface area contributed by atoms with E-state index >= 15 is 0 Å². The Morgan fingerprint density at radius 3 is 2.42 bits per heavy atom. The van der Waals surface area contributed by atoms with Crippen molar-refractivity contribution in [1.82, 2.24) is 0 Å². The van der Waals surface area contributed by atoms with Crippen LogP contribution >= 0.6 is 11.6 Å². The fourth-order valence-electron chi connectivity index (χ4n) is 2.16. The van der Waals surface area contributed by atoms with Crippen LogP contribution in [0.25, 0.3) is 0 Å². The van der Waals surface area contributed by atoms with Gasteiger partial charge in [-0.2, -0.15) is 0 Å². The quantitative estimate of drug-likeness (QED) is 0.607. The first-order valence-corrected chi connectivity index (χ1v) is 8.21. The van der Waals surface area contributed by atoms with Crippen molar-refractivity contribution < 1.29 is 18.7 Å². The van der Waals surface area contributed by atoms with E-state index in [1.54, 1.807) is 24.3 Å². The molecule has 0 spiro atoms. The number of esters is 1. The Morgan fingerprint density at radius 1 is 1.00 bits per heavy atom. The molecule has 0 saturated heterocycles. The predicted molar refractivity (Wildman–Crippen MR) is 96.3 cm³/mol. The highest BCUT2D eigenvalue weighted by Gasteiger charge is 2.10. The third-order valence-electron chi connectivity index (χ3n) is 3.51. The molecule has 0 radical (unpaired) electrons. The molecule has 0 aliphatic carbocycles. The summed E-state index contributed by atoms with van der Waals surface area (Å²) in [5.74, 6) is -0.209. The van der Waals surface area contributed by atoms with Crippen molar-refractivity contribution in [2.75, 3.05) is 0 Å². The molecule has 0 N–H and O–H groups in total. The summed E-state index contributed by atoms with van der Waals surface area (Å²) in [6.45, 7) is 0.103. The zero-order chi connectivity index (χ0) is 18.4. The lowest BCUT2D eigenvalue weighted by atomic mass is 10.2. The van der Waals surface area contributed by atoms with Gasteiger partial charge in [0.05, 0.1) is 5.56 Å². The van der Waals surface area contributed by atoms with Crippen molar-refractivity contribution in [3.63, 3.8) is 0 Å². The highest BCUT2D eigenvalue weighted by atomic mass is 35.5. The normalized spacial score (nSPS) is 10.3. The molecule has 1 heterocycles. The summed E-state index contributed by atoms with van der Waals surface area (Å²) in [4.78, 5) is 24.0. The van der Waals surface area contributed by atoms with Crippen LogP contribution < -0.4 is 10.2 Å². The van der Waals surface area contributed by atoms with Crippen LogP contribution in [0.1, 0.15) is 21.7 Å². The van der Waals surface area contributed by atoms with Gasteiger partial charge in [0.2, 0.25) is 11.2 Å². The van der Waals surface area contributed by atoms with Crippen LogP contribution in [0.5, 0.6) is 5.75 Å². The number of halogens is 1. The van der Waals surface area contributed by atoms with Gasteiger partial charge in [-0.05, 0) is 29.8 Å². The Labute approximate surface area is 154 Å². The minimum Gasteiger partial charge on any atom is -0.482 e. The van der Waals surface area contributed by atoms with E-state index in [2.05, 4.69) is 0 Å². The first-order valence-electron chi connectivity index (χ1n) is 7.83. The maximum absolute atomic E-state index is 12.1. The molecule has 2 aromatic carbocycles. The number of hydrogen-bond acceptors (Lipinski definition) is 5. The Bertz CT molecular complexity index is 932. The summed E-state index contributed by atoms with van der Waals surface area (Å²) in [5.41, 5.74) is 0.956. The second-order valence-electron chi connectivity index (χ2n) is 5.43. The molecule has 0 aliphatic rings. The van der Waals surface area contributed by atoms with E-state index in [0.29, 0.717) is 10.6 Å². The molecule has 1 aromatic heterocycles. The van der Waals surface area contributed by atoms with Gasteiger partial charge in [0, 0.05) is 11.1 Å². The van der Waals surface area contributed by atoms with Gasteiger partial charge in [-0.1, -0.05) is 41.9 Å². The number of carbonyl (C=O) groups excluding carboxylic acids is 1. The van der Waals surface area contributed by atoms with Crippen molar-refractivity contribution in [2.45, 2.75) is 13.2 Å². The van der Waals surface area contributed by atoms with Crippen LogP contribution in [0, 0.1) is 0 Å². The third-order valence-corrected chi connectivity index (χ3v) is 3.77. The van der Waals surface area contributed by atoms with E-state index in [1.807, 2.05) is 30.3 Å². The molecule has 3 aromatic rings. The topological polar surface area (TPSA) is 65.7 Å². The van der Waals surface area contributed by atoms with Gasteiger partial charge < -0.3 is 13.9 Å². The van der Waals surface area contributed by atoms with Crippen LogP contribution in [-0.4, -0.2) is 5.97 Å². The molecule has 0 aliphatic heterocycles. The van der Waals surface area contributed by atoms with Crippen LogP contribution in [0.15, 0.2) is 76.1 Å². The van der Waals surface area contributed by atoms with Crippen LogP contribution in [0.2, 0.25) is 5.02 Å². The molecule has 0 atom stereocenters. The molecule has 3 rings (SSSR count). The summed E-state index contributed by atoms with van der Waals surface area (Å²) in [7, 11) is 0. The molecule has 0 saturated carbocycles. The molecule has 132 valence electrons. The first-order chi connectivity index (χ1) is 12.6. The van der Waals surface area contributed by atoms with Crippen molar-refractivity contribution in [1.29, 1.82) is 0 Å². The van der Waals surface area contributed by atoms with Gasteiger partial charge in [0.15, 0.2) is 0 Å². The molecule has 0 amide bonds. The summed E-state index contributed by atoms with van der Waals surface area (Å²) >= 11 is 5.77. The van der Waals surface area contributed by atoms with Crippen molar-refractivity contribution in [3.8, 4) is 5.75 Å². The predicted octanol–water partition coefficient (Wildman–Crippen LogP) is 4.23.